The zero-order valence-electron chi connectivity index (χ0n) is 21.3. The Morgan fingerprint density at radius 2 is 1.87 bits per heavy atom. The van der Waals surface area contributed by atoms with E-state index in [0.717, 1.165) is 48.6 Å². The van der Waals surface area contributed by atoms with Crippen LogP contribution in [0.1, 0.15) is 32.8 Å². The molecule has 0 bridgehead atoms. The van der Waals surface area contributed by atoms with Crippen LogP contribution in [0.2, 0.25) is 0 Å². The quantitative estimate of drug-likeness (QED) is 0.322. The summed E-state index contributed by atoms with van der Waals surface area (Å²) in [7, 11) is 0. The molecule has 6 rings (SSSR count). The maximum atomic E-state index is 12.8. The summed E-state index contributed by atoms with van der Waals surface area (Å²) >= 11 is 1.75. The highest BCUT2D eigenvalue weighted by Gasteiger charge is 2.50. The van der Waals surface area contributed by atoms with Gasteiger partial charge in [-0.05, 0) is 95.6 Å². The van der Waals surface area contributed by atoms with Crippen LogP contribution in [0.3, 0.4) is 0 Å². The number of anilines is 1. The van der Waals surface area contributed by atoms with E-state index in [2.05, 4.69) is 30.1 Å². The number of aromatic nitrogens is 1. The first-order chi connectivity index (χ1) is 18.4. The highest BCUT2D eigenvalue weighted by atomic mass is 32.1. The van der Waals surface area contributed by atoms with Crippen molar-refractivity contribution in [2.24, 2.45) is 5.41 Å². The van der Waals surface area contributed by atoms with Crippen LogP contribution in [0.15, 0.2) is 66.9 Å². The van der Waals surface area contributed by atoms with Gasteiger partial charge in [-0.1, -0.05) is 12.1 Å². The molecule has 2 fully saturated rings. The summed E-state index contributed by atoms with van der Waals surface area (Å²) in [6.45, 7) is 5.27. The number of nitrogens with zero attached hydrogens (tertiary/aromatic N) is 2. The fraction of sp³-hybridized carbons (Fsp3) is 0.258. The number of pyridine rings is 1. The molecule has 192 valence electrons. The third kappa shape index (κ3) is 4.87. The van der Waals surface area contributed by atoms with Crippen LogP contribution >= 0.6 is 11.3 Å². The number of benzene rings is 2. The first-order valence-corrected chi connectivity index (χ1v) is 13.6. The summed E-state index contributed by atoms with van der Waals surface area (Å²) in [5.74, 6) is 0.641. The van der Waals surface area contributed by atoms with Crippen molar-refractivity contribution in [1.82, 2.24) is 9.88 Å². The number of hydrogen-bond acceptors (Lipinski definition) is 6. The van der Waals surface area contributed by atoms with Crippen LogP contribution in [0.4, 0.5) is 5.82 Å². The molecule has 2 aromatic carbocycles. The fourth-order valence-electron chi connectivity index (χ4n) is 5.17. The summed E-state index contributed by atoms with van der Waals surface area (Å²) in [6.07, 6.45) is 6.21. The first kappa shape index (κ1) is 24.5. The molecule has 0 radical (unpaired) electrons. The van der Waals surface area contributed by atoms with E-state index >= 15 is 0 Å². The van der Waals surface area contributed by atoms with Crippen molar-refractivity contribution in [3.05, 3.63) is 88.4 Å². The van der Waals surface area contributed by atoms with Crippen LogP contribution in [0, 0.1) is 12.3 Å². The van der Waals surface area contributed by atoms with Crippen LogP contribution in [-0.2, 0) is 16.0 Å². The van der Waals surface area contributed by atoms with E-state index in [1.165, 1.54) is 20.5 Å². The molecule has 0 atom stereocenters. The van der Waals surface area contributed by atoms with Gasteiger partial charge in [-0.2, -0.15) is 0 Å². The SMILES string of the molecule is Cc1cc(-c2ccc(C(=O)N3CC4(COC4)C3)cc2)cc2cc(CCC(=O)/C=C/c3ccc(N)nc3)sc12. The van der Waals surface area contributed by atoms with E-state index in [1.54, 1.807) is 35.8 Å². The van der Waals surface area contributed by atoms with E-state index in [9.17, 15) is 9.59 Å². The second-order valence-corrected chi connectivity index (χ2v) is 11.6. The van der Waals surface area contributed by atoms with E-state index in [0.29, 0.717) is 18.7 Å². The molecule has 2 N–H and O–H groups in total. The van der Waals surface area contributed by atoms with Gasteiger partial charge in [0.2, 0.25) is 0 Å². The average molecular weight is 524 g/mol. The summed E-state index contributed by atoms with van der Waals surface area (Å²) in [4.78, 5) is 32.4. The molecule has 1 spiro atoms. The summed E-state index contributed by atoms with van der Waals surface area (Å²) in [5.41, 5.74) is 10.8. The molecule has 2 saturated heterocycles. The van der Waals surface area contributed by atoms with Crippen molar-refractivity contribution < 1.29 is 14.3 Å². The zero-order chi connectivity index (χ0) is 26.3. The predicted octanol–water partition coefficient (Wildman–Crippen LogP) is 5.54. The van der Waals surface area contributed by atoms with Gasteiger partial charge in [0.1, 0.15) is 5.82 Å². The summed E-state index contributed by atoms with van der Waals surface area (Å²) < 4.78 is 6.56. The Balaban J connectivity index is 1.11. The van der Waals surface area contributed by atoms with E-state index in [-0.39, 0.29) is 17.1 Å². The number of thiophene rings is 1. The fourth-order valence-corrected chi connectivity index (χ4v) is 6.28. The van der Waals surface area contributed by atoms with Crippen LogP contribution in [0.5, 0.6) is 0 Å². The molecular weight excluding hydrogens is 494 g/mol. The minimum absolute atomic E-state index is 0.0840. The molecule has 2 aliphatic rings. The highest BCUT2D eigenvalue weighted by Crippen LogP contribution is 2.38. The number of ether oxygens (including phenoxy) is 1. The number of hydrogen-bond donors (Lipinski definition) is 1. The first-order valence-electron chi connectivity index (χ1n) is 12.8. The third-order valence-corrected chi connectivity index (χ3v) is 8.71. The Hall–Kier alpha value is -3.81. The molecule has 1 amide bonds. The Kier molecular flexibility index (Phi) is 6.33. The van der Waals surface area contributed by atoms with Crippen molar-refractivity contribution in [3.63, 3.8) is 0 Å². The molecule has 38 heavy (non-hydrogen) atoms. The molecule has 4 aromatic rings. The molecule has 0 aliphatic carbocycles. The maximum Gasteiger partial charge on any atom is 0.253 e. The van der Waals surface area contributed by atoms with Gasteiger partial charge in [-0.25, -0.2) is 4.98 Å². The number of nitrogens with two attached hydrogens (primary N) is 1. The summed E-state index contributed by atoms with van der Waals surface area (Å²) in [5, 5.41) is 1.18. The average Bonchev–Trinajstić information content (AvgIpc) is 3.29. The number of likely N-dealkylation sites (tertiary alicyclic amines) is 1. The molecule has 0 unspecified atom stereocenters. The van der Waals surface area contributed by atoms with Crippen LogP contribution in [-0.4, -0.2) is 47.9 Å². The number of carbonyl (C=O) groups is 2. The van der Waals surface area contributed by atoms with Gasteiger partial charge in [0.15, 0.2) is 5.78 Å². The largest absolute Gasteiger partial charge is 0.384 e. The van der Waals surface area contributed by atoms with E-state index in [4.69, 9.17) is 10.5 Å². The number of amides is 1. The van der Waals surface area contributed by atoms with Crippen LogP contribution < -0.4 is 5.73 Å². The minimum Gasteiger partial charge on any atom is -0.384 e. The van der Waals surface area contributed by atoms with Crippen molar-refractivity contribution in [3.8, 4) is 11.1 Å². The van der Waals surface area contributed by atoms with E-state index < -0.39 is 0 Å². The monoisotopic (exact) mass is 523 g/mol. The lowest BCUT2D eigenvalue weighted by molar-refractivity contribution is -0.176. The number of aryl methyl sites for hydroxylation is 2. The highest BCUT2D eigenvalue weighted by molar-refractivity contribution is 7.19. The maximum absolute atomic E-state index is 12.8. The Morgan fingerprint density at radius 1 is 1.08 bits per heavy atom. The lowest BCUT2D eigenvalue weighted by Crippen LogP contribution is -2.67. The zero-order valence-corrected chi connectivity index (χ0v) is 22.1. The molecule has 0 saturated carbocycles. The molecule has 2 aliphatic heterocycles. The van der Waals surface area contributed by atoms with Gasteiger partial charge in [0.25, 0.3) is 5.91 Å². The van der Waals surface area contributed by atoms with Crippen LogP contribution in [0.25, 0.3) is 27.3 Å². The van der Waals surface area contributed by atoms with Crippen molar-refractivity contribution in [1.29, 1.82) is 0 Å². The lowest BCUT2D eigenvalue weighted by atomic mass is 9.78. The number of ketones is 1. The van der Waals surface area contributed by atoms with Crippen molar-refractivity contribution in [2.45, 2.75) is 19.8 Å². The van der Waals surface area contributed by atoms with Gasteiger partial charge < -0.3 is 15.4 Å². The smallest absolute Gasteiger partial charge is 0.253 e. The molecule has 7 heteroatoms. The van der Waals surface area contributed by atoms with Crippen molar-refractivity contribution in [2.75, 3.05) is 32.0 Å². The Labute approximate surface area is 225 Å². The number of carbonyl (C=O) groups excluding carboxylic acids is 2. The molecule has 2 aromatic heterocycles. The van der Waals surface area contributed by atoms with Gasteiger partial charge in [0.05, 0.1) is 18.6 Å². The molecular formula is C31H29N3O3S. The van der Waals surface area contributed by atoms with Gasteiger partial charge in [-0.15, -0.1) is 11.3 Å². The van der Waals surface area contributed by atoms with Gasteiger partial charge >= 0.3 is 0 Å². The standard InChI is InChI=1S/C31H29N3O3S/c1-20-12-24(22-4-6-23(7-5-22)30(36)34-16-31(17-34)18-37-19-31)13-25-14-27(38-29(20)25)10-9-26(35)8-2-21-3-11-28(32)33-15-21/h2-8,11-15H,9-10,16-19H2,1H3,(H2,32,33)/b8-2+. The number of fused-ring (bicyclic) bond motifs is 1. The van der Waals surface area contributed by atoms with Crippen molar-refractivity contribution >= 4 is 45.0 Å². The second-order valence-electron chi connectivity index (χ2n) is 10.5. The predicted molar refractivity (Wildman–Crippen MR) is 152 cm³/mol. The van der Waals surface area contributed by atoms with E-state index in [1.807, 2.05) is 35.2 Å². The van der Waals surface area contributed by atoms with Gasteiger partial charge in [0, 0.05) is 40.8 Å². The number of rotatable bonds is 7. The molecule has 4 heterocycles. The van der Waals surface area contributed by atoms with Gasteiger partial charge in [-0.3, -0.25) is 9.59 Å². The summed E-state index contributed by atoms with van der Waals surface area (Å²) in [6, 6.07) is 18.1. The third-order valence-electron chi connectivity index (χ3n) is 7.36. The lowest BCUT2D eigenvalue weighted by Gasteiger charge is -2.54. The topological polar surface area (TPSA) is 85.5 Å². The molecule has 6 nitrogen and oxygen atoms in total. The minimum atomic E-state index is 0.0840. The Morgan fingerprint density at radius 3 is 2.55 bits per heavy atom. The number of allylic oxidation sites excluding steroid dienone is 1. The normalized spacial score (nSPS) is 16.1. The number of nitrogen functional groups attached to an aromatic ring is 1. The Bertz CT molecular complexity index is 1540. The second kappa shape index (κ2) is 9.82.